The molecule has 1 N–H and O–H groups in total. The van der Waals surface area contributed by atoms with Crippen LogP contribution in [0.15, 0.2) is 6.33 Å². The van der Waals surface area contributed by atoms with E-state index in [0.717, 1.165) is 0 Å². The van der Waals surface area contributed by atoms with E-state index in [1.807, 2.05) is 0 Å². The summed E-state index contributed by atoms with van der Waals surface area (Å²) in [5.74, 6) is 0.425. The van der Waals surface area contributed by atoms with Gasteiger partial charge in [0.1, 0.15) is 17.3 Å². The number of aliphatic hydroxyl groups excluding tert-OH is 1. The molecule has 0 saturated heterocycles. The first-order valence-corrected chi connectivity index (χ1v) is 4.36. The highest BCUT2D eigenvalue weighted by atomic mass is 35.5. The molecular weight excluding hydrogens is 206 g/mol. The quantitative estimate of drug-likeness (QED) is 0.581. The highest BCUT2D eigenvalue weighted by Crippen LogP contribution is 2.19. The fourth-order valence-corrected chi connectivity index (χ4v) is 1.20. The molecule has 0 bridgehead atoms. The molecule has 0 spiro atoms. The van der Waals surface area contributed by atoms with Crippen LogP contribution in [0.3, 0.4) is 0 Å². The maximum Gasteiger partial charge on any atom is 0.156 e. The molecule has 6 heteroatoms. The van der Waals surface area contributed by atoms with Crippen molar-refractivity contribution in [2.24, 2.45) is 0 Å². The summed E-state index contributed by atoms with van der Waals surface area (Å²) in [5, 5.41) is 8.84. The van der Waals surface area contributed by atoms with Crippen LogP contribution in [0.5, 0.6) is 0 Å². The Morgan fingerprint density at radius 2 is 2.36 bits per heavy atom. The van der Waals surface area contributed by atoms with Gasteiger partial charge in [-0.05, 0) is 0 Å². The summed E-state index contributed by atoms with van der Waals surface area (Å²) in [5.41, 5.74) is 0.241. The van der Waals surface area contributed by atoms with Crippen molar-refractivity contribution < 1.29 is 9.90 Å². The predicted octanol–water partition coefficient (Wildman–Crippen LogP) is 0.371. The van der Waals surface area contributed by atoms with Gasteiger partial charge in [-0.15, -0.1) is 0 Å². The van der Waals surface area contributed by atoms with Gasteiger partial charge in [0.2, 0.25) is 0 Å². The maximum absolute atomic E-state index is 10.7. The second kappa shape index (κ2) is 4.88. The maximum atomic E-state index is 10.7. The highest BCUT2D eigenvalue weighted by molar-refractivity contribution is 6.32. The molecule has 0 radical (unpaired) electrons. The van der Waals surface area contributed by atoms with Gasteiger partial charge in [-0.1, -0.05) is 11.6 Å². The van der Waals surface area contributed by atoms with E-state index in [-0.39, 0.29) is 17.3 Å². The minimum atomic E-state index is -0.0174. The van der Waals surface area contributed by atoms with Crippen molar-refractivity contribution in [2.45, 2.75) is 0 Å². The fourth-order valence-electron chi connectivity index (χ4n) is 1.03. The molecule has 0 aliphatic carbocycles. The number of hydrogen-bond donors (Lipinski definition) is 1. The van der Waals surface area contributed by atoms with Gasteiger partial charge in [0, 0.05) is 13.6 Å². The SMILES string of the molecule is CN(CCO)c1ncnc(Cl)c1C=O. The fraction of sp³-hybridized carbons (Fsp3) is 0.375. The molecule has 14 heavy (non-hydrogen) atoms. The molecule has 5 nitrogen and oxygen atoms in total. The van der Waals surface area contributed by atoms with Crippen molar-refractivity contribution >= 4 is 23.7 Å². The summed E-state index contributed by atoms with van der Waals surface area (Å²) >= 11 is 5.70. The van der Waals surface area contributed by atoms with E-state index >= 15 is 0 Å². The largest absolute Gasteiger partial charge is 0.395 e. The van der Waals surface area contributed by atoms with Crippen molar-refractivity contribution in [3.05, 3.63) is 17.0 Å². The molecule has 76 valence electrons. The second-order valence-corrected chi connectivity index (χ2v) is 3.02. The van der Waals surface area contributed by atoms with Gasteiger partial charge < -0.3 is 10.0 Å². The molecule has 0 atom stereocenters. The summed E-state index contributed by atoms with van der Waals surface area (Å²) in [6.45, 7) is 0.366. The molecule has 0 aliphatic heterocycles. The van der Waals surface area contributed by atoms with Crippen LogP contribution in [0.1, 0.15) is 10.4 Å². The van der Waals surface area contributed by atoms with E-state index in [0.29, 0.717) is 18.6 Å². The highest BCUT2D eigenvalue weighted by Gasteiger charge is 2.12. The summed E-state index contributed by atoms with van der Waals surface area (Å²) in [4.78, 5) is 19.9. The molecule has 0 amide bonds. The third-order valence-electron chi connectivity index (χ3n) is 1.73. The number of aldehydes is 1. The van der Waals surface area contributed by atoms with Gasteiger partial charge in [0.25, 0.3) is 0 Å². The lowest BCUT2D eigenvalue weighted by atomic mass is 10.3. The molecule has 0 saturated carbocycles. The number of halogens is 1. The summed E-state index contributed by atoms with van der Waals surface area (Å²) in [6.07, 6.45) is 1.88. The van der Waals surface area contributed by atoms with Crippen LogP contribution in [0, 0.1) is 0 Å². The lowest BCUT2D eigenvalue weighted by molar-refractivity contribution is 0.112. The van der Waals surface area contributed by atoms with E-state index < -0.39 is 0 Å². The van der Waals surface area contributed by atoms with Gasteiger partial charge in [-0.25, -0.2) is 9.97 Å². The summed E-state index contributed by atoms with van der Waals surface area (Å²) < 4.78 is 0. The molecule has 1 aromatic rings. The van der Waals surface area contributed by atoms with Crippen molar-refractivity contribution in [1.29, 1.82) is 0 Å². The van der Waals surface area contributed by atoms with E-state index in [9.17, 15) is 4.79 Å². The lowest BCUT2D eigenvalue weighted by Crippen LogP contribution is -2.23. The molecule has 1 heterocycles. The molecule has 0 aromatic carbocycles. The zero-order valence-corrected chi connectivity index (χ0v) is 8.40. The van der Waals surface area contributed by atoms with Crippen LogP contribution in [-0.2, 0) is 0 Å². The number of rotatable bonds is 4. The second-order valence-electron chi connectivity index (χ2n) is 2.66. The molecular formula is C8H10ClN3O2. The average molecular weight is 216 g/mol. The van der Waals surface area contributed by atoms with Crippen LogP contribution in [0.4, 0.5) is 5.82 Å². The minimum Gasteiger partial charge on any atom is -0.395 e. The van der Waals surface area contributed by atoms with Gasteiger partial charge >= 0.3 is 0 Å². The van der Waals surface area contributed by atoms with Crippen molar-refractivity contribution in [1.82, 2.24) is 9.97 Å². The smallest absolute Gasteiger partial charge is 0.156 e. The van der Waals surface area contributed by atoms with Crippen molar-refractivity contribution in [3.63, 3.8) is 0 Å². The molecule has 0 fully saturated rings. The van der Waals surface area contributed by atoms with E-state index in [4.69, 9.17) is 16.7 Å². The number of likely N-dealkylation sites (N-methyl/N-ethyl adjacent to an activating group) is 1. The van der Waals surface area contributed by atoms with E-state index in [1.165, 1.54) is 6.33 Å². The summed E-state index contributed by atoms with van der Waals surface area (Å²) in [7, 11) is 1.71. The minimum absolute atomic E-state index is 0.0174. The van der Waals surface area contributed by atoms with Crippen LogP contribution >= 0.6 is 11.6 Å². The number of aromatic nitrogens is 2. The summed E-state index contributed by atoms with van der Waals surface area (Å²) in [6, 6.07) is 0. The number of hydrogen-bond acceptors (Lipinski definition) is 5. The van der Waals surface area contributed by atoms with Gasteiger partial charge in [-0.3, -0.25) is 4.79 Å². The van der Waals surface area contributed by atoms with Gasteiger partial charge in [0.05, 0.1) is 12.2 Å². The number of nitrogens with zero attached hydrogens (tertiary/aromatic N) is 3. The Morgan fingerprint density at radius 3 is 2.93 bits per heavy atom. The molecule has 1 rings (SSSR count). The average Bonchev–Trinajstić information content (AvgIpc) is 2.17. The first kappa shape index (κ1) is 10.9. The predicted molar refractivity (Wildman–Crippen MR) is 52.8 cm³/mol. The first-order valence-electron chi connectivity index (χ1n) is 3.98. The van der Waals surface area contributed by atoms with E-state index in [1.54, 1.807) is 11.9 Å². The zero-order chi connectivity index (χ0) is 10.6. The Bertz CT molecular complexity index is 332. The number of carbonyl (C=O) groups is 1. The lowest BCUT2D eigenvalue weighted by Gasteiger charge is -2.17. The topological polar surface area (TPSA) is 66.3 Å². The van der Waals surface area contributed by atoms with E-state index in [2.05, 4.69) is 9.97 Å². The number of carbonyl (C=O) groups excluding carboxylic acids is 1. The third kappa shape index (κ3) is 2.18. The van der Waals surface area contributed by atoms with Crippen molar-refractivity contribution in [3.8, 4) is 0 Å². The standard InChI is InChI=1S/C8H10ClN3O2/c1-12(2-3-13)8-6(4-14)7(9)10-5-11-8/h4-5,13H,2-3H2,1H3. The van der Waals surface area contributed by atoms with Gasteiger partial charge in [0.15, 0.2) is 6.29 Å². The molecule has 0 unspecified atom stereocenters. The Morgan fingerprint density at radius 1 is 1.64 bits per heavy atom. The third-order valence-corrected chi connectivity index (χ3v) is 2.03. The van der Waals surface area contributed by atoms with Crippen LogP contribution in [0.2, 0.25) is 5.15 Å². The zero-order valence-electron chi connectivity index (χ0n) is 7.64. The van der Waals surface area contributed by atoms with Crippen LogP contribution in [-0.4, -0.2) is 41.6 Å². The molecule has 0 aliphatic rings. The Balaban J connectivity index is 3.06. The monoisotopic (exact) mass is 215 g/mol. The van der Waals surface area contributed by atoms with Gasteiger partial charge in [-0.2, -0.15) is 0 Å². The Kier molecular flexibility index (Phi) is 3.79. The number of aliphatic hydroxyl groups is 1. The first-order chi connectivity index (χ1) is 6.70. The van der Waals surface area contributed by atoms with Crippen molar-refractivity contribution in [2.75, 3.05) is 25.1 Å². The van der Waals surface area contributed by atoms with Crippen LogP contribution in [0.25, 0.3) is 0 Å². The molecule has 1 aromatic heterocycles. The number of anilines is 1. The normalized spacial score (nSPS) is 9.93. The Hall–Kier alpha value is -1.20. The van der Waals surface area contributed by atoms with Crippen LogP contribution < -0.4 is 4.90 Å². The Labute approximate surface area is 86.3 Å².